The highest BCUT2D eigenvalue weighted by Gasteiger charge is 2.25. The zero-order valence-corrected chi connectivity index (χ0v) is 14.5. The fourth-order valence-electron chi connectivity index (χ4n) is 3.44. The maximum atomic E-state index is 12.3. The van der Waals surface area contributed by atoms with Crippen molar-refractivity contribution in [3.63, 3.8) is 0 Å². The highest BCUT2D eigenvalue weighted by atomic mass is 16.1. The van der Waals surface area contributed by atoms with Gasteiger partial charge in [-0.3, -0.25) is 19.4 Å². The fraction of sp³-hybridized carbons (Fsp3) is 0.389. The van der Waals surface area contributed by atoms with Crippen LogP contribution >= 0.6 is 0 Å². The first-order valence-electron chi connectivity index (χ1n) is 8.86. The summed E-state index contributed by atoms with van der Waals surface area (Å²) in [6.45, 7) is 3.34. The molecule has 1 atom stereocenters. The highest BCUT2D eigenvalue weighted by Crippen LogP contribution is 2.19. The Bertz CT molecular complexity index is 891. The monoisotopic (exact) mass is 351 g/mol. The van der Waals surface area contributed by atoms with Gasteiger partial charge >= 0.3 is 0 Å². The van der Waals surface area contributed by atoms with Gasteiger partial charge in [-0.1, -0.05) is 5.21 Å². The molecule has 0 aliphatic carbocycles. The Hall–Kier alpha value is -2.87. The molecule has 26 heavy (non-hydrogen) atoms. The summed E-state index contributed by atoms with van der Waals surface area (Å²) in [5.41, 5.74) is 1.69. The average molecular weight is 351 g/mol. The van der Waals surface area contributed by atoms with Crippen molar-refractivity contribution in [1.82, 2.24) is 34.7 Å². The van der Waals surface area contributed by atoms with E-state index in [1.807, 2.05) is 23.0 Å². The van der Waals surface area contributed by atoms with E-state index in [9.17, 15) is 4.79 Å². The molecule has 0 amide bonds. The summed E-state index contributed by atoms with van der Waals surface area (Å²) in [5, 5.41) is 12.4. The molecule has 1 unspecified atom stereocenters. The molecule has 4 heterocycles. The predicted octanol–water partition coefficient (Wildman–Crippen LogP) is 1.06. The molecule has 0 aromatic carbocycles. The van der Waals surface area contributed by atoms with Gasteiger partial charge in [-0.2, -0.15) is 5.10 Å². The van der Waals surface area contributed by atoms with Gasteiger partial charge < -0.3 is 0 Å². The second-order valence-electron chi connectivity index (χ2n) is 6.47. The molecule has 1 aliphatic rings. The van der Waals surface area contributed by atoms with Crippen LogP contribution in [0.15, 0.2) is 53.8 Å². The van der Waals surface area contributed by atoms with Gasteiger partial charge in [-0.15, -0.1) is 5.10 Å². The third-order valence-electron chi connectivity index (χ3n) is 4.81. The van der Waals surface area contributed by atoms with E-state index in [0.717, 1.165) is 43.7 Å². The van der Waals surface area contributed by atoms with Crippen LogP contribution in [0.4, 0.5) is 0 Å². The zero-order valence-electron chi connectivity index (χ0n) is 14.5. The van der Waals surface area contributed by atoms with Gasteiger partial charge in [0.1, 0.15) is 0 Å². The first-order valence-corrected chi connectivity index (χ1v) is 8.86. The molecule has 0 bridgehead atoms. The Morgan fingerprint density at radius 2 is 1.96 bits per heavy atom. The summed E-state index contributed by atoms with van der Waals surface area (Å²) in [7, 11) is 0. The molecule has 8 heteroatoms. The minimum absolute atomic E-state index is 0.0640. The SMILES string of the molecule is O=c1ccc(-c2ccncc2)nn1CC1CCCN1CCn1ccnn1. The number of likely N-dealkylation sites (tertiary alicyclic amines) is 1. The van der Waals surface area contributed by atoms with Gasteiger partial charge in [0.15, 0.2) is 0 Å². The van der Waals surface area contributed by atoms with Crippen molar-refractivity contribution >= 4 is 0 Å². The molecule has 1 saturated heterocycles. The molecule has 3 aromatic rings. The maximum Gasteiger partial charge on any atom is 0.266 e. The fourth-order valence-corrected chi connectivity index (χ4v) is 3.44. The van der Waals surface area contributed by atoms with Crippen LogP contribution in [-0.4, -0.2) is 53.8 Å². The van der Waals surface area contributed by atoms with Crippen LogP contribution < -0.4 is 5.56 Å². The van der Waals surface area contributed by atoms with E-state index in [4.69, 9.17) is 0 Å². The van der Waals surface area contributed by atoms with Crippen LogP contribution in [0.2, 0.25) is 0 Å². The lowest BCUT2D eigenvalue weighted by atomic mass is 10.2. The van der Waals surface area contributed by atoms with E-state index < -0.39 is 0 Å². The van der Waals surface area contributed by atoms with E-state index in [1.165, 1.54) is 0 Å². The molecule has 134 valence electrons. The molecule has 0 saturated carbocycles. The minimum Gasteiger partial charge on any atom is -0.297 e. The van der Waals surface area contributed by atoms with E-state index >= 15 is 0 Å². The Morgan fingerprint density at radius 3 is 2.77 bits per heavy atom. The molecule has 0 spiro atoms. The van der Waals surface area contributed by atoms with Crippen LogP contribution in [0.1, 0.15) is 12.8 Å². The van der Waals surface area contributed by atoms with Gasteiger partial charge in [0.25, 0.3) is 5.56 Å². The summed E-state index contributed by atoms with van der Waals surface area (Å²) in [6, 6.07) is 7.48. The molecule has 1 fully saturated rings. The summed E-state index contributed by atoms with van der Waals surface area (Å²) in [5.74, 6) is 0. The topological polar surface area (TPSA) is 81.7 Å². The van der Waals surface area contributed by atoms with Crippen molar-refractivity contribution in [3.8, 4) is 11.3 Å². The van der Waals surface area contributed by atoms with Crippen LogP contribution in [0.25, 0.3) is 11.3 Å². The molecule has 3 aromatic heterocycles. The Morgan fingerprint density at radius 1 is 1.08 bits per heavy atom. The first-order chi connectivity index (χ1) is 12.8. The highest BCUT2D eigenvalue weighted by molar-refractivity contribution is 5.56. The van der Waals surface area contributed by atoms with E-state index in [-0.39, 0.29) is 5.56 Å². The van der Waals surface area contributed by atoms with Crippen LogP contribution in [0.3, 0.4) is 0 Å². The minimum atomic E-state index is -0.0640. The van der Waals surface area contributed by atoms with Gasteiger partial charge in [0.05, 0.1) is 25.0 Å². The average Bonchev–Trinajstić information content (AvgIpc) is 3.34. The maximum absolute atomic E-state index is 12.3. The normalized spacial score (nSPS) is 17.6. The van der Waals surface area contributed by atoms with Crippen molar-refractivity contribution in [2.75, 3.05) is 13.1 Å². The van der Waals surface area contributed by atoms with Crippen molar-refractivity contribution < 1.29 is 0 Å². The predicted molar refractivity (Wildman–Crippen MR) is 96.3 cm³/mol. The van der Waals surface area contributed by atoms with Crippen molar-refractivity contribution in [2.24, 2.45) is 0 Å². The summed E-state index contributed by atoms with van der Waals surface area (Å²) >= 11 is 0. The lowest BCUT2D eigenvalue weighted by Gasteiger charge is -2.24. The van der Waals surface area contributed by atoms with Gasteiger partial charge in [-0.05, 0) is 37.6 Å². The van der Waals surface area contributed by atoms with Crippen LogP contribution in [0, 0.1) is 0 Å². The molecule has 8 nitrogen and oxygen atoms in total. The molecule has 4 rings (SSSR count). The largest absolute Gasteiger partial charge is 0.297 e. The molecular weight excluding hydrogens is 330 g/mol. The number of pyridine rings is 1. The van der Waals surface area contributed by atoms with Crippen molar-refractivity contribution in [3.05, 3.63) is 59.4 Å². The van der Waals surface area contributed by atoms with Crippen LogP contribution in [-0.2, 0) is 13.1 Å². The first kappa shape index (κ1) is 16.6. The smallest absolute Gasteiger partial charge is 0.266 e. The molecule has 0 N–H and O–H groups in total. The van der Waals surface area contributed by atoms with Crippen molar-refractivity contribution in [2.45, 2.75) is 32.0 Å². The number of hydrogen-bond donors (Lipinski definition) is 0. The van der Waals surface area contributed by atoms with Crippen LogP contribution in [0.5, 0.6) is 0 Å². The molecule has 0 radical (unpaired) electrons. The summed E-state index contributed by atoms with van der Waals surface area (Å²) in [6.07, 6.45) is 9.24. The number of aromatic nitrogens is 6. The zero-order chi connectivity index (χ0) is 17.8. The third-order valence-corrected chi connectivity index (χ3v) is 4.81. The number of rotatable bonds is 6. The standard InChI is InChI=1S/C18H21N7O/c26-18-4-3-17(15-5-7-19-8-6-15)21-25(18)14-16-2-1-10-23(16)12-13-24-11-9-20-22-24/h3-9,11,16H,1-2,10,12-14H2. The number of hydrogen-bond acceptors (Lipinski definition) is 6. The van der Waals surface area contributed by atoms with Gasteiger partial charge in [-0.25, -0.2) is 4.68 Å². The van der Waals surface area contributed by atoms with E-state index in [0.29, 0.717) is 12.6 Å². The summed E-state index contributed by atoms with van der Waals surface area (Å²) in [4.78, 5) is 18.7. The lowest BCUT2D eigenvalue weighted by Crippen LogP contribution is -2.38. The lowest BCUT2D eigenvalue weighted by molar-refractivity contribution is 0.213. The quantitative estimate of drug-likeness (QED) is 0.660. The molecule has 1 aliphatic heterocycles. The molecular formula is C18H21N7O. The van der Waals surface area contributed by atoms with E-state index in [1.54, 1.807) is 35.4 Å². The summed E-state index contributed by atoms with van der Waals surface area (Å²) < 4.78 is 3.43. The second-order valence-corrected chi connectivity index (χ2v) is 6.47. The van der Waals surface area contributed by atoms with Crippen molar-refractivity contribution in [1.29, 1.82) is 0 Å². The Kier molecular flexibility index (Phi) is 4.83. The third kappa shape index (κ3) is 3.70. The number of nitrogens with zero attached hydrogens (tertiary/aromatic N) is 7. The Labute approximate surface area is 151 Å². The second kappa shape index (κ2) is 7.57. The Balaban J connectivity index is 1.48. The van der Waals surface area contributed by atoms with Gasteiger partial charge in [0, 0.05) is 42.8 Å². The van der Waals surface area contributed by atoms with Gasteiger partial charge in [0.2, 0.25) is 0 Å². The van der Waals surface area contributed by atoms with E-state index in [2.05, 4.69) is 25.3 Å².